The minimum Gasteiger partial charge on any atom is -0.476 e. The average Bonchev–Trinajstić information content (AvgIpc) is 3.28. The van der Waals surface area contributed by atoms with Gasteiger partial charge in [-0.3, -0.25) is 4.68 Å². The molecule has 2 aromatic carbocycles. The van der Waals surface area contributed by atoms with Gasteiger partial charge in [0.15, 0.2) is 5.69 Å². The van der Waals surface area contributed by atoms with Crippen molar-refractivity contribution in [1.82, 2.24) is 24.5 Å². The Bertz CT molecular complexity index is 1960. The summed E-state index contributed by atoms with van der Waals surface area (Å²) in [6.07, 6.45) is 6.09. The lowest BCUT2D eigenvalue weighted by Crippen LogP contribution is -2.14. The zero-order chi connectivity index (χ0) is 29.8. The molecule has 0 saturated heterocycles. The third-order valence-corrected chi connectivity index (χ3v) is 8.84. The van der Waals surface area contributed by atoms with Crippen LogP contribution in [0.4, 0.5) is 8.78 Å². The number of carboxylic acid groups (broad SMARTS) is 1. The highest BCUT2D eigenvalue weighted by Crippen LogP contribution is 2.39. The topological polar surface area (TPSA) is 146 Å². The number of aromatic nitrogens is 5. The normalized spacial score (nSPS) is 13.5. The van der Waals surface area contributed by atoms with Gasteiger partial charge in [-0.1, -0.05) is 6.07 Å². The number of hydrogen-bond acceptors (Lipinski definition) is 7. The third-order valence-electron chi connectivity index (χ3n) is 7.08. The molecule has 1 fully saturated rings. The molecule has 14 heteroatoms. The number of nitrogens with zero attached hydrogens (tertiary/aromatic N) is 5. The van der Waals surface area contributed by atoms with Gasteiger partial charge in [0.2, 0.25) is 15.2 Å². The summed E-state index contributed by atoms with van der Waals surface area (Å²) in [5, 5.41) is 25.4. The van der Waals surface area contributed by atoms with Crippen LogP contribution >= 0.6 is 11.3 Å². The molecule has 0 amide bonds. The molecule has 6 rings (SSSR count). The maximum absolute atomic E-state index is 15.1. The molecule has 0 spiro atoms. The van der Waals surface area contributed by atoms with Gasteiger partial charge in [-0.25, -0.2) is 36.8 Å². The second-order valence-electron chi connectivity index (χ2n) is 10.2. The predicted molar refractivity (Wildman–Crippen MR) is 151 cm³/mol. The summed E-state index contributed by atoms with van der Waals surface area (Å²) in [5.74, 6) is -2.21. The quantitative estimate of drug-likeness (QED) is 0.249. The maximum Gasteiger partial charge on any atom is 0.355 e. The molecule has 3 N–H and O–H groups in total. The molecule has 3 heterocycles. The number of sulfonamides is 1. The van der Waals surface area contributed by atoms with Gasteiger partial charge in [0.05, 0.1) is 17.6 Å². The van der Waals surface area contributed by atoms with Gasteiger partial charge in [0.25, 0.3) is 0 Å². The summed E-state index contributed by atoms with van der Waals surface area (Å²) in [6.45, 7) is 0. The van der Waals surface area contributed by atoms with E-state index in [2.05, 4.69) is 10.1 Å². The lowest BCUT2D eigenvalue weighted by molar-refractivity contribution is 0.0691. The first-order valence-electron chi connectivity index (χ1n) is 12.9. The first kappa shape index (κ1) is 27.9. The second-order valence-corrected chi connectivity index (χ2v) is 12.6. The van der Waals surface area contributed by atoms with Crippen LogP contribution in [0.2, 0.25) is 0 Å². The molecule has 0 atom stereocenters. The van der Waals surface area contributed by atoms with Crippen molar-refractivity contribution in [1.29, 1.82) is 0 Å². The zero-order valence-electron chi connectivity index (χ0n) is 22.2. The van der Waals surface area contributed by atoms with Crippen molar-refractivity contribution < 1.29 is 27.1 Å². The van der Waals surface area contributed by atoms with Crippen molar-refractivity contribution >= 4 is 27.3 Å². The highest BCUT2D eigenvalue weighted by molar-refractivity contribution is 7.89. The number of nitrogens with two attached hydrogens (primary N) is 1. The Hall–Kier alpha value is -4.27. The summed E-state index contributed by atoms with van der Waals surface area (Å²) in [5.41, 5.74) is 3.73. The van der Waals surface area contributed by atoms with Gasteiger partial charge >= 0.3 is 5.97 Å². The molecule has 5 aromatic rings. The summed E-state index contributed by atoms with van der Waals surface area (Å²) in [6, 6.07) is 8.35. The molecule has 0 bridgehead atoms. The van der Waals surface area contributed by atoms with Crippen LogP contribution in [0.5, 0.6) is 0 Å². The Labute approximate surface area is 243 Å². The molecule has 216 valence electrons. The first-order chi connectivity index (χ1) is 20.0. The lowest BCUT2D eigenvalue weighted by Gasteiger charge is -2.12. The number of primary sulfonamides is 1. The predicted octanol–water partition coefficient (Wildman–Crippen LogP) is 4.56. The molecule has 3 aromatic heterocycles. The standard InChI is InChI=1S/C28H24F2N6O4S2/c1-35-13-18(12-32-35)19-11-17(5-6-21(19)29)26-20(8-16-4-7-25(22(30)9-16)42(31,39)40)23(10-15-2-3-15)34-36(26)28-33-24(14-41-28)27(37)38/h4-7,9,11-15H,2-3,8,10H2,1H3,(H,37,38)(H2,31,39,40). The summed E-state index contributed by atoms with van der Waals surface area (Å²) in [7, 11) is -2.52. The molecule has 1 saturated carbocycles. The van der Waals surface area contributed by atoms with E-state index in [-0.39, 0.29) is 12.1 Å². The van der Waals surface area contributed by atoms with E-state index in [1.807, 2.05) is 0 Å². The monoisotopic (exact) mass is 610 g/mol. The number of halogens is 2. The Morgan fingerprint density at radius 1 is 1.14 bits per heavy atom. The molecular weight excluding hydrogens is 586 g/mol. The fourth-order valence-corrected chi connectivity index (χ4v) is 6.22. The third kappa shape index (κ3) is 5.47. The highest BCUT2D eigenvalue weighted by Gasteiger charge is 2.29. The van der Waals surface area contributed by atoms with Crippen molar-refractivity contribution in [3.8, 4) is 27.5 Å². The van der Waals surface area contributed by atoms with Crippen LogP contribution in [0.1, 0.15) is 40.2 Å². The van der Waals surface area contributed by atoms with E-state index in [0.29, 0.717) is 56.7 Å². The summed E-state index contributed by atoms with van der Waals surface area (Å²) >= 11 is 1.10. The van der Waals surface area contributed by atoms with Crippen molar-refractivity contribution in [3.05, 3.63) is 88.3 Å². The Morgan fingerprint density at radius 3 is 2.55 bits per heavy atom. The lowest BCUT2D eigenvalue weighted by atomic mass is 9.95. The molecule has 0 aliphatic heterocycles. The Balaban J connectivity index is 1.56. The number of benzene rings is 2. The van der Waals surface area contributed by atoms with E-state index in [4.69, 9.17) is 10.2 Å². The number of hydrogen-bond donors (Lipinski definition) is 2. The van der Waals surface area contributed by atoms with Crippen LogP contribution in [-0.4, -0.2) is 44.0 Å². The van der Waals surface area contributed by atoms with Gasteiger partial charge < -0.3 is 5.11 Å². The number of thiazole rings is 1. The molecular formula is C28H24F2N6O4S2. The second kappa shape index (κ2) is 10.5. The van der Waals surface area contributed by atoms with Crippen LogP contribution in [0, 0.1) is 17.6 Å². The zero-order valence-corrected chi connectivity index (χ0v) is 23.8. The van der Waals surface area contributed by atoms with Crippen LogP contribution in [-0.2, 0) is 29.9 Å². The van der Waals surface area contributed by atoms with Crippen molar-refractivity contribution in [2.45, 2.75) is 30.6 Å². The number of aromatic carboxylic acids is 1. The SMILES string of the molecule is Cn1cc(-c2cc(-c3c(Cc4ccc(S(N)(=O)=O)c(F)c4)c(CC4CC4)nn3-c3nc(C(=O)O)cs3)ccc2F)cn1. The summed E-state index contributed by atoms with van der Waals surface area (Å²) < 4.78 is 56.6. The minimum atomic E-state index is -4.25. The van der Waals surface area contributed by atoms with E-state index in [1.54, 1.807) is 40.9 Å². The highest BCUT2D eigenvalue weighted by atomic mass is 32.2. The van der Waals surface area contributed by atoms with Crippen molar-refractivity contribution in [2.75, 3.05) is 0 Å². The summed E-state index contributed by atoms with van der Waals surface area (Å²) in [4.78, 5) is 15.3. The Kier molecular flexibility index (Phi) is 6.99. The van der Waals surface area contributed by atoms with Crippen LogP contribution in [0.15, 0.2) is 59.1 Å². The van der Waals surface area contributed by atoms with Crippen LogP contribution in [0.25, 0.3) is 27.5 Å². The molecule has 0 unspecified atom stereocenters. The molecule has 42 heavy (non-hydrogen) atoms. The van der Waals surface area contributed by atoms with Crippen molar-refractivity contribution in [2.24, 2.45) is 18.1 Å². The van der Waals surface area contributed by atoms with E-state index in [9.17, 15) is 22.7 Å². The molecule has 0 radical (unpaired) electrons. The van der Waals surface area contributed by atoms with E-state index < -0.39 is 32.5 Å². The van der Waals surface area contributed by atoms with Crippen LogP contribution < -0.4 is 5.14 Å². The van der Waals surface area contributed by atoms with Crippen molar-refractivity contribution in [3.63, 3.8) is 0 Å². The van der Waals surface area contributed by atoms with E-state index >= 15 is 4.39 Å². The fourth-order valence-electron chi connectivity index (χ4n) is 4.88. The number of carbonyl (C=O) groups is 1. The van der Waals surface area contributed by atoms with Crippen LogP contribution in [0.3, 0.4) is 0 Å². The fraction of sp³-hybridized carbons (Fsp3) is 0.214. The van der Waals surface area contributed by atoms with Gasteiger partial charge in [0, 0.05) is 47.3 Å². The van der Waals surface area contributed by atoms with Gasteiger partial charge in [-0.15, -0.1) is 11.3 Å². The molecule has 10 nitrogen and oxygen atoms in total. The Morgan fingerprint density at radius 2 is 1.93 bits per heavy atom. The number of carboxylic acids is 1. The molecule has 1 aliphatic rings. The van der Waals surface area contributed by atoms with Gasteiger partial charge in [0.1, 0.15) is 16.5 Å². The molecule has 1 aliphatic carbocycles. The smallest absolute Gasteiger partial charge is 0.355 e. The van der Waals surface area contributed by atoms with E-state index in [0.717, 1.165) is 36.3 Å². The van der Waals surface area contributed by atoms with Gasteiger partial charge in [-0.2, -0.15) is 10.2 Å². The first-order valence-corrected chi connectivity index (χ1v) is 15.3. The maximum atomic E-state index is 15.1. The largest absolute Gasteiger partial charge is 0.476 e. The average molecular weight is 611 g/mol. The minimum absolute atomic E-state index is 0.141. The van der Waals surface area contributed by atoms with Gasteiger partial charge in [-0.05, 0) is 61.1 Å². The van der Waals surface area contributed by atoms with E-state index in [1.165, 1.54) is 17.5 Å². The number of rotatable bonds is 9. The number of aryl methyl sites for hydroxylation is 1.